The molecule has 1 atom stereocenters. The molecule has 0 radical (unpaired) electrons. The number of rotatable bonds is 8. The van der Waals surface area contributed by atoms with Crippen LogP contribution in [0.3, 0.4) is 0 Å². The summed E-state index contributed by atoms with van der Waals surface area (Å²) in [6, 6.07) is 11.8. The standard InChI is InChI=1S/C22H22N4O6S/c1-3-19(32-22(29)16-6-4-15(5-7-16)20-23-12-13-24-20)21(28)25-17-8-10-18(11-9-17)33(30,31)26-14(2)27/h4-13,19H,3H2,1-2H3,(H,23,24)(H,25,28)(H,26,27). The summed E-state index contributed by atoms with van der Waals surface area (Å²) in [7, 11) is -3.98. The predicted molar refractivity (Wildman–Crippen MR) is 120 cm³/mol. The van der Waals surface area contributed by atoms with Crippen LogP contribution in [0, 0.1) is 0 Å². The van der Waals surface area contributed by atoms with Crippen LogP contribution in [-0.2, 0) is 24.3 Å². The minimum atomic E-state index is -3.98. The van der Waals surface area contributed by atoms with E-state index >= 15 is 0 Å². The van der Waals surface area contributed by atoms with Crippen molar-refractivity contribution in [2.24, 2.45) is 0 Å². The molecule has 0 aliphatic carbocycles. The number of H-pyrrole nitrogens is 1. The molecule has 2 amide bonds. The van der Waals surface area contributed by atoms with Gasteiger partial charge in [-0.25, -0.2) is 22.9 Å². The minimum absolute atomic E-state index is 0.132. The number of carbonyl (C=O) groups excluding carboxylic acids is 3. The van der Waals surface area contributed by atoms with Gasteiger partial charge < -0.3 is 15.0 Å². The number of nitrogens with zero attached hydrogens (tertiary/aromatic N) is 1. The molecule has 11 heteroatoms. The molecule has 0 saturated heterocycles. The third kappa shape index (κ3) is 6.04. The van der Waals surface area contributed by atoms with Gasteiger partial charge in [0.25, 0.3) is 15.9 Å². The molecule has 0 fully saturated rings. The molecule has 0 spiro atoms. The van der Waals surface area contributed by atoms with Crippen molar-refractivity contribution < 1.29 is 27.5 Å². The van der Waals surface area contributed by atoms with E-state index in [0.717, 1.165) is 12.5 Å². The number of hydrogen-bond acceptors (Lipinski definition) is 7. The number of benzene rings is 2. The Labute approximate surface area is 190 Å². The first kappa shape index (κ1) is 23.7. The summed E-state index contributed by atoms with van der Waals surface area (Å²) in [5.74, 6) is -1.26. The highest BCUT2D eigenvalue weighted by Gasteiger charge is 2.23. The molecule has 3 N–H and O–H groups in total. The lowest BCUT2D eigenvalue weighted by molar-refractivity contribution is -0.124. The summed E-state index contributed by atoms with van der Waals surface area (Å²) in [6.45, 7) is 2.78. The van der Waals surface area contributed by atoms with Crippen molar-refractivity contribution in [3.05, 3.63) is 66.5 Å². The average molecular weight is 471 g/mol. The predicted octanol–water partition coefficient (Wildman–Crippen LogP) is 2.48. The number of imidazole rings is 1. The molecule has 0 aliphatic rings. The molecule has 0 saturated carbocycles. The molecular formula is C22H22N4O6S. The SMILES string of the molecule is CCC(OC(=O)c1ccc(-c2ncc[nH]2)cc1)C(=O)Nc1ccc(S(=O)(=O)NC(C)=O)cc1. The van der Waals surface area contributed by atoms with Crippen LogP contribution in [0.15, 0.2) is 65.8 Å². The molecule has 172 valence electrons. The molecule has 0 aliphatic heterocycles. The number of anilines is 1. The van der Waals surface area contributed by atoms with Crippen LogP contribution in [0.4, 0.5) is 5.69 Å². The van der Waals surface area contributed by atoms with E-state index in [1.165, 1.54) is 24.3 Å². The van der Waals surface area contributed by atoms with Crippen LogP contribution in [-0.4, -0.2) is 42.3 Å². The second-order valence-electron chi connectivity index (χ2n) is 6.99. The van der Waals surface area contributed by atoms with E-state index in [9.17, 15) is 22.8 Å². The Morgan fingerprint density at radius 3 is 2.27 bits per heavy atom. The molecule has 1 heterocycles. The van der Waals surface area contributed by atoms with E-state index in [1.54, 1.807) is 43.6 Å². The van der Waals surface area contributed by atoms with E-state index in [4.69, 9.17) is 4.74 Å². The second-order valence-corrected chi connectivity index (χ2v) is 8.68. The summed E-state index contributed by atoms with van der Waals surface area (Å²) in [6.07, 6.45) is 2.50. The van der Waals surface area contributed by atoms with E-state index in [0.29, 0.717) is 11.5 Å². The zero-order valence-corrected chi connectivity index (χ0v) is 18.7. The Kier molecular flexibility index (Phi) is 7.23. The van der Waals surface area contributed by atoms with Crippen LogP contribution in [0.5, 0.6) is 0 Å². The number of aromatic nitrogens is 2. The van der Waals surface area contributed by atoms with Crippen LogP contribution < -0.4 is 10.0 Å². The average Bonchev–Trinajstić information content (AvgIpc) is 3.32. The van der Waals surface area contributed by atoms with Gasteiger partial charge in [-0.1, -0.05) is 19.1 Å². The van der Waals surface area contributed by atoms with Gasteiger partial charge in [-0.05, 0) is 42.8 Å². The van der Waals surface area contributed by atoms with E-state index in [2.05, 4.69) is 15.3 Å². The van der Waals surface area contributed by atoms with Crippen molar-refractivity contribution in [3.63, 3.8) is 0 Å². The fourth-order valence-corrected chi connectivity index (χ4v) is 3.89. The molecule has 33 heavy (non-hydrogen) atoms. The quantitative estimate of drug-likeness (QED) is 0.428. The van der Waals surface area contributed by atoms with E-state index in [-0.39, 0.29) is 16.9 Å². The van der Waals surface area contributed by atoms with Crippen LogP contribution in [0.2, 0.25) is 0 Å². The fraction of sp³-hybridized carbons (Fsp3) is 0.182. The summed E-state index contributed by atoms with van der Waals surface area (Å²) in [5, 5.41) is 2.59. The highest BCUT2D eigenvalue weighted by molar-refractivity contribution is 7.90. The fourth-order valence-electron chi connectivity index (χ4n) is 2.90. The number of ether oxygens (including phenoxy) is 1. The summed E-state index contributed by atoms with van der Waals surface area (Å²) < 4.78 is 31.2. The minimum Gasteiger partial charge on any atom is -0.449 e. The Hall–Kier alpha value is -3.99. The smallest absolute Gasteiger partial charge is 0.338 e. The van der Waals surface area contributed by atoms with Crippen LogP contribution in [0.25, 0.3) is 11.4 Å². The van der Waals surface area contributed by atoms with Crippen LogP contribution in [0.1, 0.15) is 30.6 Å². The second kappa shape index (κ2) is 10.1. The van der Waals surface area contributed by atoms with Gasteiger partial charge in [-0.2, -0.15) is 0 Å². The molecule has 1 aromatic heterocycles. The van der Waals surface area contributed by atoms with Gasteiger partial charge in [-0.15, -0.1) is 0 Å². The zero-order valence-electron chi connectivity index (χ0n) is 17.9. The van der Waals surface area contributed by atoms with Crippen molar-refractivity contribution >= 4 is 33.5 Å². The number of esters is 1. The van der Waals surface area contributed by atoms with Gasteiger partial charge in [0.1, 0.15) is 5.82 Å². The van der Waals surface area contributed by atoms with Crippen molar-refractivity contribution in [2.75, 3.05) is 5.32 Å². The molecule has 2 aromatic carbocycles. The van der Waals surface area contributed by atoms with Gasteiger partial charge >= 0.3 is 5.97 Å². The normalized spacial score (nSPS) is 11.9. The number of sulfonamides is 1. The first-order chi connectivity index (χ1) is 15.7. The van der Waals surface area contributed by atoms with Crippen LogP contribution >= 0.6 is 0 Å². The van der Waals surface area contributed by atoms with Gasteiger partial charge in [0, 0.05) is 30.6 Å². The first-order valence-electron chi connectivity index (χ1n) is 9.94. The Balaban J connectivity index is 1.63. The summed E-state index contributed by atoms with van der Waals surface area (Å²) >= 11 is 0. The van der Waals surface area contributed by atoms with Gasteiger partial charge in [0.05, 0.1) is 10.5 Å². The summed E-state index contributed by atoms with van der Waals surface area (Å²) in [5.41, 5.74) is 1.38. The highest BCUT2D eigenvalue weighted by Crippen LogP contribution is 2.18. The molecule has 0 bridgehead atoms. The molecule has 3 aromatic rings. The van der Waals surface area contributed by atoms with Crippen molar-refractivity contribution in [1.82, 2.24) is 14.7 Å². The number of aromatic amines is 1. The number of carbonyl (C=O) groups is 3. The maximum Gasteiger partial charge on any atom is 0.338 e. The van der Waals surface area contributed by atoms with Crippen molar-refractivity contribution in [1.29, 1.82) is 0 Å². The number of nitrogens with one attached hydrogen (secondary N) is 3. The molecular weight excluding hydrogens is 448 g/mol. The maximum absolute atomic E-state index is 12.6. The molecule has 10 nitrogen and oxygen atoms in total. The van der Waals surface area contributed by atoms with Crippen molar-refractivity contribution in [2.45, 2.75) is 31.3 Å². The topological polar surface area (TPSA) is 147 Å². The zero-order chi connectivity index (χ0) is 24.0. The third-order valence-electron chi connectivity index (χ3n) is 4.52. The van der Waals surface area contributed by atoms with Crippen molar-refractivity contribution in [3.8, 4) is 11.4 Å². The van der Waals surface area contributed by atoms with Gasteiger partial charge in [0.15, 0.2) is 6.10 Å². The molecule has 3 rings (SSSR count). The maximum atomic E-state index is 12.6. The lowest BCUT2D eigenvalue weighted by atomic mass is 10.1. The Morgan fingerprint density at radius 2 is 1.73 bits per heavy atom. The van der Waals surface area contributed by atoms with E-state index < -0.39 is 33.9 Å². The highest BCUT2D eigenvalue weighted by atomic mass is 32.2. The first-order valence-corrected chi connectivity index (χ1v) is 11.4. The Bertz CT molecular complexity index is 1240. The number of hydrogen-bond donors (Lipinski definition) is 3. The van der Waals surface area contributed by atoms with Gasteiger partial charge in [-0.3, -0.25) is 9.59 Å². The monoisotopic (exact) mass is 470 g/mol. The lowest BCUT2D eigenvalue weighted by Gasteiger charge is -2.16. The largest absolute Gasteiger partial charge is 0.449 e. The third-order valence-corrected chi connectivity index (χ3v) is 5.96. The molecule has 1 unspecified atom stereocenters. The lowest BCUT2D eigenvalue weighted by Crippen LogP contribution is -2.32. The number of amides is 2. The summed E-state index contributed by atoms with van der Waals surface area (Å²) in [4.78, 5) is 43.1. The Morgan fingerprint density at radius 1 is 1.06 bits per heavy atom. The van der Waals surface area contributed by atoms with E-state index in [1.807, 2.05) is 4.72 Å². The van der Waals surface area contributed by atoms with Gasteiger partial charge in [0.2, 0.25) is 5.91 Å².